The summed E-state index contributed by atoms with van der Waals surface area (Å²) in [6.07, 6.45) is 2.65. The minimum absolute atomic E-state index is 0.215. The third-order valence-electron chi connectivity index (χ3n) is 2.64. The fraction of sp³-hybridized carbons (Fsp3) is 0.600. The zero-order valence-electron chi connectivity index (χ0n) is 9.27. The highest BCUT2D eigenvalue weighted by Gasteiger charge is 2.22. The number of anilines is 1. The first-order valence-corrected chi connectivity index (χ1v) is 5.46. The van der Waals surface area contributed by atoms with Crippen LogP contribution in [0.15, 0.2) is 6.20 Å². The molecule has 1 aliphatic heterocycles. The monoisotopic (exact) mass is 224 g/mol. The Kier molecular flexibility index (Phi) is 3.09. The average molecular weight is 224 g/mol. The van der Waals surface area contributed by atoms with Crippen molar-refractivity contribution in [3.63, 3.8) is 0 Å². The van der Waals surface area contributed by atoms with E-state index in [0.717, 1.165) is 13.0 Å². The van der Waals surface area contributed by atoms with E-state index < -0.39 is 0 Å². The Morgan fingerprint density at radius 2 is 2.62 bits per heavy atom. The summed E-state index contributed by atoms with van der Waals surface area (Å²) in [5.41, 5.74) is 6.01. The van der Waals surface area contributed by atoms with E-state index in [1.54, 1.807) is 13.1 Å². The van der Waals surface area contributed by atoms with Gasteiger partial charge in [-0.2, -0.15) is 0 Å². The molecule has 0 saturated heterocycles. The lowest BCUT2D eigenvalue weighted by Crippen LogP contribution is -2.27. The Morgan fingerprint density at radius 3 is 3.31 bits per heavy atom. The number of hydrogen-bond acceptors (Lipinski definition) is 5. The molecule has 0 radical (unpaired) electrons. The number of imidazole rings is 1. The molecule has 2 heterocycles. The average Bonchev–Trinajstić information content (AvgIpc) is 2.72. The van der Waals surface area contributed by atoms with Gasteiger partial charge in [0.1, 0.15) is 0 Å². The summed E-state index contributed by atoms with van der Waals surface area (Å²) in [6.45, 7) is 3.51. The second kappa shape index (κ2) is 4.52. The fourth-order valence-corrected chi connectivity index (χ4v) is 1.83. The lowest BCUT2D eigenvalue weighted by atomic mass is 10.2. The third-order valence-corrected chi connectivity index (χ3v) is 2.64. The molecule has 0 fully saturated rings. The number of nitrogens with two attached hydrogens (primary N) is 1. The van der Waals surface area contributed by atoms with Gasteiger partial charge < -0.3 is 20.4 Å². The molecule has 16 heavy (non-hydrogen) atoms. The first-order valence-electron chi connectivity index (χ1n) is 5.46. The second-order valence-corrected chi connectivity index (χ2v) is 3.68. The summed E-state index contributed by atoms with van der Waals surface area (Å²) in [5.74, 6) is 0.312. The molecular formula is C10H16N4O2. The smallest absolute Gasteiger partial charge is 0.358 e. The number of aromatic nitrogens is 2. The lowest BCUT2D eigenvalue weighted by molar-refractivity contribution is 0.0520. The molecule has 0 aliphatic carbocycles. The summed E-state index contributed by atoms with van der Waals surface area (Å²) < 4.78 is 6.81. The molecule has 3 N–H and O–H groups in total. The molecule has 6 nitrogen and oxygen atoms in total. The molecule has 0 aromatic carbocycles. The minimum Gasteiger partial charge on any atom is -0.461 e. The number of hydrogen-bond donors (Lipinski definition) is 2. The molecule has 6 heteroatoms. The highest BCUT2D eigenvalue weighted by atomic mass is 16.5. The maximum atomic E-state index is 11.5. The van der Waals surface area contributed by atoms with E-state index in [1.165, 1.54) is 0 Å². The number of carbonyl (C=O) groups is 1. The first-order chi connectivity index (χ1) is 7.76. The van der Waals surface area contributed by atoms with Crippen LogP contribution in [0.1, 0.15) is 29.9 Å². The van der Waals surface area contributed by atoms with Crippen LogP contribution >= 0.6 is 0 Å². The third kappa shape index (κ3) is 1.88. The van der Waals surface area contributed by atoms with E-state index in [-0.39, 0.29) is 12.0 Å². The van der Waals surface area contributed by atoms with Gasteiger partial charge in [0.05, 0.1) is 12.6 Å². The van der Waals surface area contributed by atoms with Crippen LogP contribution in [-0.2, 0) is 4.74 Å². The van der Waals surface area contributed by atoms with E-state index in [4.69, 9.17) is 10.5 Å². The van der Waals surface area contributed by atoms with Crippen LogP contribution in [-0.4, -0.2) is 35.2 Å². The zero-order valence-corrected chi connectivity index (χ0v) is 9.27. The van der Waals surface area contributed by atoms with Gasteiger partial charge >= 0.3 is 5.97 Å². The molecule has 1 unspecified atom stereocenters. The highest BCUT2D eigenvalue weighted by Crippen LogP contribution is 2.23. The molecule has 0 spiro atoms. The Hall–Kier alpha value is -1.56. The number of esters is 1. The number of rotatable bonds is 3. The molecule has 2 rings (SSSR count). The van der Waals surface area contributed by atoms with Crippen molar-refractivity contribution in [3.8, 4) is 0 Å². The normalized spacial score (nSPS) is 18.8. The van der Waals surface area contributed by atoms with Crippen LogP contribution in [0.4, 0.5) is 5.95 Å². The summed E-state index contributed by atoms with van der Waals surface area (Å²) in [5, 5.41) is 3.13. The van der Waals surface area contributed by atoms with Crippen molar-refractivity contribution in [1.82, 2.24) is 9.55 Å². The second-order valence-electron chi connectivity index (χ2n) is 3.68. The summed E-state index contributed by atoms with van der Waals surface area (Å²) in [4.78, 5) is 15.7. The van der Waals surface area contributed by atoms with Gasteiger partial charge in [-0.1, -0.05) is 0 Å². The van der Waals surface area contributed by atoms with E-state index in [1.807, 2.05) is 4.57 Å². The van der Waals surface area contributed by atoms with Crippen molar-refractivity contribution in [2.75, 3.05) is 25.0 Å². The van der Waals surface area contributed by atoms with Crippen molar-refractivity contribution >= 4 is 11.9 Å². The predicted molar refractivity (Wildman–Crippen MR) is 59.4 cm³/mol. The van der Waals surface area contributed by atoms with Crippen molar-refractivity contribution < 1.29 is 9.53 Å². The molecule has 0 amide bonds. The number of fused-ring (bicyclic) bond motifs is 1. The number of ether oxygens (including phenoxy) is 1. The van der Waals surface area contributed by atoms with Gasteiger partial charge in [-0.3, -0.25) is 0 Å². The molecule has 1 aromatic rings. The fourth-order valence-electron chi connectivity index (χ4n) is 1.83. The topological polar surface area (TPSA) is 82.2 Å². The van der Waals surface area contributed by atoms with Crippen molar-refractivity contribution in [3.05, 3.63) is 11.9 Å². The van der Waals surface area contributed by atoms with Gasteiger partial charge in [-0.15, -0.1) is 0 Å². The molecule has 1 aliphatic rings. The first kappa shape index (κ1) is 10.9. The van der Waals surface area contributed by atoms with Crippen LogP contribution in [0.3, 0.4) is 0 Å². The lowest BCUT2D eigenvalue weighted by Gasteiger charge is -2.24. The van der Waals surface area contributed by atoms with Gasteiger partial charge in [-0.25, -0.2) is 9.78 Å². The Labute approximate surface area is 93.8 Å². The predicted octanol–water partition coefficient (Wildman–Crippen LogP) is 0.375. The Balaban J connectivity index is 2.25. The quantitative estimate of drug-likeness (QED) is 0.725. The van der Waals surface area contributed by atoms with Crippen LogP contribution < -0.4 is 11.1 Å². The van der Waals surface area contributed by atoms with Crippen LogP contribution in [0.5, 0.6) is 0 Å². The van der Waals surface area contributed by atoms with Crippen molar-refractivity contribution in [2.45, 2.75) is 19.4 Å². The molecular weight excluding hydrogens is 208 g/mol. The van der Waals surface area contributed by atoms with E-state index in [2.05, 4.69) is 10.3 Å². The van der Waals surface area contributed by atoms with Gasteiger partial charge in [-0.05, 0) is 13.3 Å². The minimum atomic E-state index is -0.387. The highest BCUT2D eigenvalue weighted by molar-refractivity contribution is 5.87. The molecule has 88 valence electrons. The number of nitrogens with one attached hydrogen (secondary N) is 1. The molecule has 1 atom stereocenters. The SMILES string of the molecule is CCOC(=O)c1cn2c(n1)NCCC2CN. The summed E-state index contributed by atoms with van der Waals surface area (Å²) >= 11 is 0. The maximum absolute atomic E-state index is 11.5. The zero-order chi connectivity index (χ0) is 11.5. The molecule has 0 saturated carbocycles. The molecule has 1 aromatic heterocycles. The standard InChI is InChI=1S/C10H16N4O2/c1-2-16-9(15)8-6-14-7(5-11)3-4-12-10(14)13-8/h6-7H,2-5,11H2,1H3,(H,12,13). The van der Waals surface area contributed by atoms with Gasteiger partial charge in [0, 0.05) is 19.3 Å². The van der Waals surface area contributed by atoms with Crippen LogP contribution in [0.2, 0.25) is 0 Å². The van der Waals surface area contributed by atoms with Crippen molar-refractivity contribution in [1.29, 1.82) is 0 Å². The number of carbonyl (C=O) groups excluding carboxylic acids is 1. The van der Waals surface area contributed by atoms with E-state index in [9.17, 15) is 4.79 Å². The van der Waals surface area contributed by atoms with Gasteiger partial charge in [0.15, 0.2) is 5.69 Å². The summed E-state index contributed by atoms with van der Waals surface area (Å²) in [6, 6.07) is 0.215. The van der Waals surface area contributed by atoms with Crippen molar-refractivity contribution in [2.24, 2.45) is 5.73 Å². The van der Waals surface area contributed by atoms with E-state index in [0.29, 0.717) is 24.8 Å². The van der Waals surface area contributed by atoms with Crippen LogP contribution in [0, 0.1) is 0 Å². The Morgan fingerprint density at radius 1 is 1.81 bits per heavy atom. The Bertz CT molecular complexity index is 388. The number of nitrogens with zero attached hydrogens (tertiary/aromatic N) is 2. The van der Waals surface area contributed by atoms with E-state index >= 15 is 0 Å². The summed E-state index contributed by atoms with van der Waals surface area (Å²) in [7, 11) is 0. The maximum Gasteiger partial charge on any atom is 0.358 e. The van der Waals surface area contributed by atoms with Crippen LogP contribution in [0.25, 0.3) is 0 Å². The largest absolute Gasteiger partial charge is 0.461 e. The van der Waals surface area contributed by atoms with Gasteiger partial charge in [0.2, 0.25) is 5.95 Å². The van der Waals surface area contributed by atoms with Gasteiger partial charge in [0.25, 0.3) is 0 Å². The molecule has 0 bridgehead atoms.